The average molecular weight is 740 g/mol. The number of fused-ring (bicyclic) bond motifs is 3. The number of hydrogen-bond donors (Lipinski definition) is 0. The molecule has 2 aliphatic rings. The van der Waals surface area contributed by atoms with Crippen LogP contribution in [-0.2, 0) is 24.7 Å². The summed E-state index contributed by atoms with van der Waals surface area (Å²) in [5.41, 5.74) is 8.78. The molecule has 0 saturated heterocycles. The van der Waals surface area contributed by atoms with E-state index in [2.05, 4.69) is 113 Å². The molecular weight excluding hydrogens is 701 g/mol. The molecule has 0 atom stereocenters. The fraction of sp³-hybridized carbons (Fsp3) is 0.154. The maximum absolute atomic E-state index is 6.83. The van der Waals surface area contributed by atoms with Crippen LogP contribution in [0.3, 0.4) is 0 Å². The van der Waals surface area contributed by atoms with E-state index in [1.807, 2.05) is 24.3 Å². The zero-order valence-corrected chi connectivity index (χ0v) is 31.0. The number of allylic oxidation sites excluding steroid dienone is 4. The molecule has 4 aromatic carbocycles. The van der Waals surface area contributed by atoms with Gasteiger partial charge in [-0.25, -0.2) is 0 Å². The Balaban J connectivity index is 0.00000221. The Morgan fingerprint density at radius 2 is 1.34 bits per heavy atom. The first kappa shape index (κ1) is 34.6. The summed E-state index contributed by atoms with van der Waals surface area (Å²) in [6, 6.07) is 28.3. The summed E-state index contributed by atoms with van der Waals surface area (Å²) in [6.45, 7) is 15.1. The van der Waals surface area contributed by atoms with Crippen molar-refractivity contribution >= 4 is 74.2 Å². The van der Waals surface area contributed by atoms with Crippen LogP contribution in [0.15, 0.2) is 113 Å². The van der Waals surface area contributed by atoms with E-state index in [1.54, 1.807) is 0 Å². The molecule has 0 radical (unpaired) electrons. The first-order chi connectivity index (χ1) is 20.0. The molecular formula is C39H38Cl4Zr. The Kier molecular flexibility index (Phi) is 9.84. The zero-order chi connectivity index (χ0) is 29.9. The van der Waals surface area contributed by atoms with E-state index in [1.165, 1.54) is 40.9 Å². The Bertz CT molecular complexity index is 1880. The van der Waals surface area contributed by atoms with Gasteiger partial charge in [-0.15, -0.1) is 24.8 Å². The topological polar surface area (TPSA) is 0 Å². The van der Waals surface area contributed by atoms with E-state index in [0.717, 1.165) is 34.0 Å². The van der Waals surface area contributed by atoms with E-state index in [0.29, 0.717) is 0 Å². The van der Waals surface area contributed by atoms with Crippen LogP contribution in [0.1, 0.15) is 49.4 Å². The molecule has 0 nitrogen and oxygen atoms in total. The van der Waals surface area contributed by atoms with Crippen molar-refractivity contribution in [2.75, 3.05) is 0 Å². The van der Waals surface area contributed by atoms with Crippen molar-refractivity contribution in [3.8, 4) is 11.1 Å². The van der Waals surface area contributed by atoms with Crippen molar-refractivity contribution < 1.29 is 18.3 Å². The first-order valence-electron chi connectivity index (χ1n) is 14.5. The van der Waals surface area contributed by atoms with Gasteiger partial charge in [-0.1, -0.05) is 0 Å². The van der Waals surface area contributed by atoms with Gasteiger partial charge in [-0.3, -0.25) is 0 Å². The predicted molar refractivity (Wildman–Crippen MR) is 199 cm³/mol. The molecule has 0 N–H and O–H groups in total. The minimum atomic E-state index is -5.02. The molecule has 2 aliphatic carbocycles. The zero-order valence-electron chi connectivity index (χ0n) is 25.4. The molecule has 0 bridgehead atoms. The molecule has 226 valence electrons. The van der Waals surface area contributed by atoms with Crippen LogP contribution in [0.5, 0.6) is 0 Å². The second kappa shape index (κ2) is 12.5. The minimum absolute atomic E-state index is 0. The fourth-order valence-electron chi connectivity index (χ4n) is 7.17. The molecule has 5 heteroatoms. The van der Waals surface area contributed by atoms with Crippen LogP contribution in [0.4, 0.5) is 0 Å². The molecule has 0 heterocycles. The first-order valence-corrected chi connectivity index (χ1v) is 21.9. The second-order valence-corrected chi connectivity index (χ2v) is 26.6. The Morgan fingerprint density at radius 1 is 0.750 bits per heavy atom. The van der Waals surface area contributed by atoms with E-state index in [-0.39, 0.29) is 30.2 Å². The van der Waals surface area contributed by atoms with Crippen molar-refractivity contribution in [3.05, 3.63) is 145 Å². The van der Waals surface area contributed by atoms with E-state index < -0.39 is 18.3 Å². The van der Waals surface area contributed by atoms with Crippen molar-refractivity contribution in [1.29, 1.82) is 0 Å². The predicted octanol–water partition coefficient (Wildman–Crippen LogP) is 10.4. The van der Waals surface area contributed by atoms with Gasteiger partial charge in [0.25, 0.3) is 0 Å². The maximum Gasteiger partial charge on any atom is -0.147 e. The van der Waals surface area contributed by atoms with Gasteiger partial charge in [0.2, 0.25) is 0 Å². The molecule has 0 unspecified atom stereocenters. The minimum Gasteiger partial charge on any atom is -0.147 e. The van der Waals surface area contributed by atoms with Gasteiger partial charge < -0.3 is 0 Å². The largest absolute Gasteiger partial charge is 0.147 e. The Labute approximate surface area is 285 Å². The van der Waals surface area contributed by atoms with Gasteiger partial charge in [-0.2, -0.15) is 0 Å². The van der Waals surface area contributed by atoms with Crippen LogP contribution in [0.2, 0.25) is 10.0 Å². The van der Waals surface area contributed by atoms with Crippen LogP contribution >= 0.6 is 48.0 Å². The molecule has 0 amide bonds. The molecule has 44 heavy (non-hydrogen) atoms. The van der Waals surface area contributed by atoms with Crippen molar-refractivity contribution in [2.24, 2.45) is 5.41 Å². The van der Waals surface area contributed by atoms with Crippen LogP contribution < -0.4 is 9.81 Å². The van der Waals surface area contributed by atoms with E-state index in [4.69, 9.17) is 27.4 Å². The normalized spacial score (nSPS) is 14.0. The molecule has 0 aromatic heterocycles. The quantitative estimate of drug-likeness (QED) is 0.163. The summed E-state index contributed by atoms with van der Waals surface area (Å²) in [5.74, 6) is 0. The summed E-state index contributed by atoms with van der Waals surface area (Å²) < 4.78 is 10.7. The molecule has 0 saturated carbocycles. The van der Waals surface area contributed by atoms with Gasteiger partial charge in [0.05, 0.1) is 0 Å². The smallest absolute Gasteiger partial charge is 0.147 e. The second-order valence-electron chi connectivity index (χ2n) is 12.9. The van der Waals surface area contributed by atoms with Gasteiger partial charge >= 0.3 is 263 Å². The summed E-state index contributed by atoms with van der Waals surface area (Å²) in [6.07, 6.45) is 10.5. The monoisotopic (exact) mass is 736 g/mol. The standard InChI is InChI=1S/C17H13.C9H13.2C6H4Cl.CH2.2ClH.Zr/c1-3-12-5-7-14-11-15-8-6-13(4-2)10-17(15)16(14)9-12;1-9(2,3)8-6-4-5-7-8;2*7-6-4-2-1-3-5-6;;;;/h3-7,9-10H,1-2,11H2;6-7H,4H2,1-3H3;2*1-2,4-5H;1H2;2*1H;. The van der Waals surface area contributed by atoms with Crippen molar-refractivity contribution in [3.63, 3.8) is 0 Å². The Morgan fingerprint density at radius 3 is 1.86 bits per heavy atom. The number of halogens is 4. The van der Waals surface area contributed by atoms with Crippen LogP contribution in [0, 0.1) is 5.41 Å². The van der Waals surface area contributed by atoms with Crippen LogP contribution in [0.25, 0.3) is 23.3 Å². The third kappa shape index (κ3) is 5.34. The van der Waals surface area contributed by atoms with E-state index >= 15 is 0 Å². The Hall–Kier alpha value is -2.25. The van der Waals surface area contributed by atoms with Crippen molar-refractivity contribution in [1.82, 2.24) is 0 Å². The third-order valence-electron chi connectivity index (χ3n) is 9.50. The molecule has 0 fully saturated rings. The molecule has 0 aliphatic heterocycles. The maximum atomic E-state index is 6.83. The fourth-order valence-corrected chi connectivity index (χ4v) is 23.5. The third-order valence-corrected chi connectivity index (χ3v) is 26.1. The molecule has 6 rings (SSSR count). The average Bonchev–Trinajstić information content (AvgIpc) is 3.62. The van der Waals surface area contributed by atoms with Crippen LogP contribution in [-0.4, -0.2) is 4.21 Å². The molecule has 4 aromatic rings. The number of hydrogen-bond acceptors (Lipinski definition) is 0. The van der Waals surface area contributed by atoms with E-state index in [9.17, 15) is 0 Å². The number of rotatable bonds is 6. The number of benzene rings is 4. The SMILES string of the molecule is C=Cc1ccc2c(c1)-c1cc(C=C)c[c]([Zr](=[CH2])([C]3=CC(C(C)(C)C)=CC3)([c]3cccc(Cl)c3)[c]3cccc(Cl)c3)c1C2.Cl.Cl. The van der Waals surface area contributed by atoms with Gasteiger partial charge in [0.15, 0.2) is 0 Å². The molecule has 0 spiro atoms. The summed E-state index contributed by atoms with van der Waals surface area (Å²) in [4.78, 5) is 0. The summed E-state index contributed by atoms with van der Waals surface area (Å²) >= 11 is 8.64. The van der Waals surface area contributed by atoms with Gasteiger partial charge in [0.1, 0.15) is 0 Å². The summed E-state index contributed by atoms with van der Waals surface area (Å²) in [7, 11) is 0. The van der Waals surface area contributed by atoms with Crippen molar-refractivity contribution in [2.45, 2.75) is 33.6 Å². The van der Waals surface area contributed by atoms with Gasteiger partial charge in [-0.05, 0) is 0 Å². The van der Waals surface area contributed by atoms with Gasteiger partial charge in [0, 0.05) is 0 Å². The summed E-state index contributed by atoms with van der Waals surface area (Å²) in [5, 5.41) is 1.44.